The molecule has 0 spiro atoms. The molecule has 1 aromatic carbocycles. The van der Waals surface area contributed by atoms with Gasteiger partial charge in [-0.3, -0.25) is 0 Å². The number of piperazine rings is 1. The van der Waals surface area contributed by atoms with Crippen LogP contribution in [0.25, 0.3) is 0 Å². The highest BCUT2D eigenvalue weighted by Crippen LogP contribution is 2.30. The summed E-state index contributed by atoms with van der Waals surface area (Å²) >= 11 is 6.04. The monoisotopic (exact) mass is 376 g/mol. The summed E-state index contributed by atoms with van der Waals surface area (Å²) in [6, 6.07) is 10.1. The van der Waals surface area contributed by atoms with Crippen molar-refractivity contribution in [1.29, 1.82) is 0 Å². The first-order chi connectivity index (χ1) is 10.5. The summed E-state index contributed by atoms with van der Waals surface area (Å²) in [5, 5.41) is 3.81. The van der Waals surface area contributed by atoms with Gasteiger partial charge < -0.3 is 9.73 Å². The van der Waals surface area contributed by atoms with E-state index in [0.29, 0.717) is 30.4 Å². The SMILES string of the molecule is Cc1ccc(S(=O)(=O)N2CCNCC2c2cccc(Cl)c2)o1.Cl. The van der Waals surface area contributed by atoms with Crippen LogP contribution in [-0.4, -0.2) is 32.4 Å². The third-order valence-corrected chi connectivity index (χ3v) is 5.72. The van der Waals surface area contributed by atoms with Gasteiger partial charge in [-0.2, -0.15) is 4.31 Å². The van der Waals surface area contributed by atoms with Crippen LogP contribution >= 0.6 is 24.0 Å². The zero-order valence-corrected chi connectivity index (χ0v) is 14.9. The third kappa shape index (κ3) is 3.72. The number of benzene rings is 1. The van der Waals surface area contributed by atoms with E-state index in [1.54, 1.807) is 25.1 Å². The predicted molar refractivity (Wildman–Crippen MR) is 91.6 cm³/mol. The van der Waals surface area contributed by atoms with Gasteiger partial charge in [0, 0.05) is 24.7 Å². The normalized spacial score (nSPS) is 19.3. The summed E-state index contributed by atoms with van der Waals surface area (Å²) in [5.41, 5.74) is 0.867. The Morgan fingerprint density at radius 2 is 2.09 bits per heavy atom. The highest BCUT2D eigenvalue weighted by molar-refractivity contribution is 7.89. The smallest absolute Gasteiger partial charge is 0.277 e. The summed E-state index contributed by atoms with van der Waals surface area (Å²) < 4.78 is 32.5. The molecule has 1 N–H and O–H groups in total. The van der Waals surface area contributed by atoms with E-state index < -0.39 is 10.0 Å². The first-order valence-electron chi connectivity index (χ1n) is 7.03. The zero-order chi connectivity index (χ0) is 15.7. The Morgan fingerprint density at radius 3 is 2.74 bits per heavy atom. The number of hydrogen-bond acceptors (Lipinski definition) is 4. The van der Waals surface area contributed by atoms with E-state index in [1.165, 1.54) is 10.4 Å². The number of hydrogen-bond donors (Lipinski definition) is 1. The number of furan rings is 1. The van der Waals surface area contributed by atoms with E-state index in [9.17, 15) is 8.42 Å². The van der Waals surface area contributed by atoms with Crippen LogP contribution in [-0.2, 0) is 10.0 Å². The molecule has 1 fully saturated rings. The Labute approximate surface area is 147 Å². The fourth-order valence-electron chi connectivity index (χ4n) is 2.64. The predicted octanol–water partition coefficient (Wildman–Crippen LogP) is 3.00. The molecule has 0 aliphatic carbocycles. The molecule has 23 heavy (non-hydrogen) atoms. The van der Waals surface area contributed by atoms with Crippen molar-refractivity contribution >= 4 is 34.0 Å². The molecule has 0 saturated carbocycles. The molecular weight excluding hydrogens is 359 g/mol. The van der Waals surface area contributed by atoms with Crippen LogP contribution in [0.5, 0.6) is 0 Å². The van der Waals surface area contributed by atoms with Crippen LogP contribution in [0.1, 0.15) is 17.4 Å². The second-order valence-electron chi connectivity index (χ2n) is 5.26. The maximum absolute atomic E-state index is 12.8. The zero-order valence-electron chi connectivity index (χ0n) is 12.5. The standard InChI is InChI=1S/C15H17ClN2O3S.ClH/c1-11-5-6-15(21-11)22(19,20)18-8-7-17-10-14(18)12-3-2-4-13(16)9-12;/h2-6,9,14,17H,7-8,10H2,1H3;1H. The fraction of sp³-hybridized carbons (Fsp3) is 0.333. The van der Waals surface area contributed by atoms with Crippen LogP contribution in [0.4, 0.5) is 0 Å². The lowest BCUT2D eigenvalue weighted by atomic mass is 10.1. The molecule has 5 nitrogen and oxygen atoms in total. The second kappa shape index (κ2) is 7.23. The van der Waals surface area contributed by atoms with Gasteiger partial charge in [0.25, 0.3) is 10.0 Å². The van der Waals surface area contributed by atoms with Gasteiger partial charge in [0.2, 0.25) is 5.09 Å². The largest absolute Gasteiger partial charge is 0.449 e. The van der Waals surface area contributed by atoms with Crippen LogP contribution in [0.15, 0.2) is 45.9 Å². The molecule has 0 radical (unpaired) electrons. The van der Waals surface area contributed by atoms with Crippen molar-refractivity contribution in [3.8, 4) is 0 Å². The van der Waals surface area contributed by atoms with Crippen molar-refractivity contribution in [3.05, 3.63) is 52.7 Å². The quantitative estimate of drug-likeness (QED) is 0.893. The van der Waals surface area contributed by atoms with E-state index in [1.807, 2.05) is 12.1 Å². The molecule has 3 rings (SSSR count). The van der Waals surface area contributed by atoms with Gasteiger partial charge in [-0.1, -0.05) is 23.7 Å². The van der Waals surface area contributed by atoms with Crippen LogP contribution in [0.3, 0.4) is 0 Å². The van der Waals surface area contributed by atoms with Crippen molar-refractivity contribution in [2.75, 3.05) is 19.6 Å². The average molecular weight is 377 g/mol. The minimum absolute atomic E-state index is 0. The molecule has 1 aliphatic rings. The highest BCUT2D eigenvalue weighted by Gasteiger charge is 2.36. The van der Waals surface area contributed by atoms with E-state index in [-0.39, 0.29) is 23.5 Å². The number of halogens is 2. The van der Waals surface area contributed by atoms with Gasteiger partial charge in [0.05, 0.1) is 6.04 Å². The maximum Gasteiger partial charge on any atom is 0.277 e. The van der Waals surface area contributed by atoms with Crippen molar-refractivity contribution in [1.82, 2.24) is 9.62 Å². The van der Waals surface area contributed by atoms with Gasteiger partial charge in [-0.05, 0) is 36.8 Å². The summed E-state index contributed by atoms with van der Waals surface area (Å²) in [4.78, 5) is 0. The molecule has 126 valence electrons. The lowest BCUT2D eigenvalue weighted by molar-refractivity contribution is 0.263. The molecule has 1 atom stereocenters. The van der Waals surface area contributed by atoms with Crippen LogP contribution in [0.2, 0.25) is 5.02 Å². The Bertz CT molecular complexity index is 777. The highest BCUT2D eigenvalue weighted by atomic mass is 35.5. The van der Waals surface area contributed by atoms with Gasteiger partial charge in [-0.25, -0.2) is 8.42 Å². The van der Waals surface area contributed by atoms with Gasteiger partial charge >= 0.3 is 0 Å². The van der Waals surface area contributed by atoms with Crippen molar-refractivity contribution in [2.24, 2.45) is 0 Å². The summed E-state index contributed by atoms with van der Waals surface area (Å²) in [5.74, 6) is 0.577. The summed E-state index contributed by atoms with van der Waals surface area (Å²) in [6.45, 7) is 3.26. The minimum Gasteiger partial charge on any atom is -0.449 e. The van der Waals surface area contributed by atoms with Gasteiger partial charge in [0.1, 0.15) is 5.76 Å². The Kier molecular flexibility index (Phi) is 5.75. The average Bonchev–Trinajstić information content (AvgIpc) is 2.95. The molecule has 1 unspecified atom stereocenters. The lowest BCUT2D eigenvalue weighted by Gasteiger charge is -2.34. The molecule has 1 aromatic heterocycles. The second-order valence-corrected chi connectivity index (χ2v) is 7.51. The lowest BCUT2D eigenvalue weighted by Crippen LogP contribution is -2.48. The molecule has 0 amide bonds. The Morgan fingerprint density at radius 1 is 1.30 bits per heavy atom. The first kappa shape index (κ1) is 18.3. The number of sulfonamides is 1. The van der Waals surface area contributed by atoms with Crippen LogP contribution < -0.4 is 5.32 Å². The fourth-order valence-corrected chi connectivity index (χ4v) is 4.41. The minimum atomic E-state index is -3.67. The van der Waals surface area contributed by atoms with Crippen molar-refractivity contribution in [2.45, 2.75) is 18.1 Å². The van der Waals surface area contributed by atoms with E-state index in [4.69, 9.17) is 16.0 Å². The Hall–Kier alpha value is -1.05. The topological polar surface area (TPSA) is 62.6 Å². The number of rotatable bonds is 3. The van der Waals surface area contributed by atoms with E-state index in [2.05, 4.69) is 5.32 Å². The summed E-state index contributed by atoms with van der Waals surface area (Å²) in [6.07, 6.45) is 0. The number of aryl methyl sites for hydroxylation is 1. The molecule has 2 aromatic rings. The maximum atomic E-state index is 12.8. The molecular formula is C15H18Cl2N2O3S. The number of nitrogens with zero attached hydrogens (tertiary/aromatic N) is 1. The first-order valence-corrected chi connectivity index (χ1v) is 8.85. The molecule has 2 heterocycles. The summed E-state index contributed by atoms with van der Waals surface area (Å²) in [7, 11) is -3.67. The molecule has 8 heteroatoms. The van der Waals surface area contributed by atoms with Gasteiger partial charge in [0.15, 0.2) is 0 Å². The van der Waals surface area contributed by atoms with E-state index >= 15 is 0 Å². The Balaban J connectivity index is 0.00000192. The molecule has 1 aliphatic heterocycles. The van der Waals surface area contributed by atoms with E-state index in [0.717, 1.165) is 5.56 Å². The van der Waals surface area contributed by atoms with Crippen molar-refractivity contribution < 1.29 is 12.8 Å². The molecule has 0 bridgehead atoms. The number of nitrogens with one attached hydrogen (secondary N) is 1. The third-order valence-electron chi connectivity index (χ3n) is 3.71. The van der Waals surface area contributed by atoms with Gasteiger partial charge in [-0.15, -0.1) is 12.4 Å². The van der Waals surface area contributed by atoms with Crippen molar-refractivity contribution in [3.63, 3.8) is 0 Å². The molecule has 1 saturated heterocycles. The van der Waals surface area contributed by atoms with Crippen LogP contribution in [0, 0.1) is 6.92 Å².